The lowest BCUT2D eigenvalue weighted by atomic mass is 9.63. The van der Waals surface area contributed by atoms with Crippen molar-refractivity contribution in [2.75, 3.05) is 13.1 Å². The molecule has 0 bridgehead atoms. The minimum Gasteiger partial charge on any atom is -0.465 e. The molecule has 1 saturated heterocycles. The van der Waals surface area contributed by atoms with Crippen LogP contribution in [0.5, 0.6) is 0 Å². The van der Waals surface area contributed by atoms with E-state index in [-0.39, 0.29) is 31.4 Å². The van der Waals surface area contributed by atoms with E-state index in [2.05, 4.69) is 18.0 Å². The monoisotopic (exact) mass is 485 g/mol. The molecule has 36 heavy (non-hydrogen) atoms. The number of hydrogen-bond donors (Lipinski definition) is 2. The first-order valence-electron chi connectivity index (χ1n) is 11.9. The van der Waals surface area contributed by atoms with Gasteiger partial charge in [-0.3, -0.25) is 4.79 Å². The van der Waals surface area contributed by atoms with Crippen LogP contribution in [0.4, 0.5) is 9.18 Å². The number of benzene rings is 3. The van der Waals surface area contributed by atoms with Crippen molar-refractivity contribution in [3.05, 3.63) is 95.8 Å². The first-order chi connectivity index (χ1) is 17.4. The van der Waals surface area contributed by atoms with Crippen LogP contribution in [-0.2, 0) is 16.8 Å². The minimum absolute atomic E-state index is 0.186. The highest BCUT2D eigenvalue weighted by Gasteiger charge is 2.46. The predicted molar refractivity (Wildman–Crippen MR) is 136 cm³/mol. The molecule has 0 saturated carbocycles. The maximum Gasteiger partial charge on any atom is 0.407 e. The number of hydrogen-bond acceptors (Lipinski definition) is 3. The molecule has 2 amide bonds. The predicted octanol–water partition coefficient (Wildman–Crippen LogP) is 5.37. The van der Waals surface area contributed by atoms with Crippen LogP contribution in [0.1, 0.15) is 36.0 Å². The molecule has 1 aliphatic rings. The van der Waals surface area contributed by atoms with E-state index in [0.29, 0.717) is 24.8 Å². The molecule has 6 nitrogen and oxygen atoms in total. The Bertz CT molecular complexity index is 1320. The second-order valence-electron chi connectivity index (χ2n) is 9.20. The number of piperidine rings is 1. The van der Waals surface area contributed by atoms with E-state index in [1.54, 1.807) is 24.3 Å². The van der Waals surface area contributed by atoms with Crippen molar-refractivity contribution in [1.82, 2.24) is 10.2 Å². The van der Waals surface area contributed by atoms with Crippen molar-refractivity contribution in [3.63, 3.8) is 0 Å². The molecule has 1 heterocycles. The van der Waals surface area contributed by atoms with Gasteiger partial charge in [0, 0.05) is 25.0 Å². The number of allylic oxidation sites excluding steroid dienone is 1. The highest BCUT2D eigenvalue weighted by Crippen LogP contribution is 2.44. The van der Waals surface area contributed by atoms with Gasteiger partial charge in [-0.05, 0) is 65.4 Å². The SMILES string of the molecule is C=CCC(C(=O)NCc1cc(C#N)cc2ccccc12)C1(c2ccc(F)cc2)CCN(C(=O)O)CC1. The van der Waals surface area contributed by atoms with Crippen LogP contribution < -0.4 is 5.32 Å². The summed E-state index contributed by atoms with van der Waals surface area (Å²) in [6, 6.07) is 19.6. The highest BCUT2D eigenvalue weighted by molar-refractivity contribution is 5.88. The Kier molecular flexibility index (Phi) is 7.35. The molecule has 1 fully saturated rings. The quantitative estimate of drug-likeness (QED) is 0.440. The van der Waals surface area contributed by atoms with Crippen LogP contribution in [-0.4, -0.2) is 35.1 Å². The van der Waals surface area contributed by atoms with Crippen molar-refractivity contribution < 1.29 is 19.1 Å². The second-order valence-corrected chi connectivity index (χ2v) is 9.20. The summed E-state index contributed by atoms with van der Waals surface area (Å²) in [5.41, 5.74) is 1.50. The molecule has 1 aliphatic heterocycles. The van der Waals surface area contributed by atoms with Gasteiger partial charge in [0.25, 0.3) is 0 Å². The largest absolute Gasteiger partial charge is 0.465 e. The van der Waals surface area contributed by atoms with E-state index in [0.717, 1.165) is 21.9 Å². The summed E-state index contributed by atoms with van der Waals surface area (Å²) in [5.74, 6) is -1.08. The molecule has 7 heteroatoms. The van der Waals surface area contributed by atoms with Crippen LogP contribution in [0.25, 0.3) is 10.8 Å². The van der Waals surface area contributed by atoms with Gasteiger partial charge < -0.3 is 15.3 Å². The van der Waals surface area contributed by atoms with Crippen molar-refractivity contribution in [1.29, 1.82) is 5.26 Å². The molecule has 4 rings (SSSR count). The van der Waals surface area contributed by atoms with E-state index in [1.807, 2.05) is 30.3 Å². The van der Waals surface area contributed by atoms with Crippen molar-refractivity contribution >= 4 is 22.8 Å². The topological polar surface area (TPSA) is 93.4 Å². The third-order valence-electron chi connectivity index (χ3n) is 7.26. The lowest BCUT2D eigenvalue weighted by molar-refractivity contribution is -0.128. The van der Waals surface area contributed by atoms with Crippen LogP contribution in [0.15, 0.2) is 73.3 Å². The summed E-state index contributed by atoms with van der Waals surface area (Å²) in [5, 5.41) is 23.9. The number of likely N-dealkylation sites (tertiary alicyclic amines) is 1. The Balaban J connectivity index is 1.66. The van der Waals surface area contributed by atoms with Gasteiger partial charge in [0.05, 0.1) is 17.6 Å². The van der Waals surface area contributed by atoms with Gasteiger partial charge in [-0.1, -0.05) is 42.5 Å². The number of amides is 2. The molecule has 0 spiro atoms. The summed E-state index contributed by atoms with van der Waals surface area (Å²) >= 11 is 0. The fraction of sp³-hybridized carbons (Fsp3) is 0.276. The lowest BCUT2D eigenvalue weighted by Crippen LogP contribution is -2.52. The van der Waals surface area contributed by atoms with Crippen molar-refractivity contribution in [2.45, 2.75) is 31.2 Å². The van der Waals surface area contributed by atoms with E-state index < -0.39 is 17.4 Å². The van der Waals surface area contributed by atoms with E-state index >= 15 is 0 Å². The first kappa shape index (κ1) is 24.9. The van der Waals surface area contributed by atoms with Crippen LogP contribution in [0.3, 0.4) is 0 Å². The Morgan fingerprint density at radius 1 is 1.17 bits per heavy atom. The average molecular weight is 486 g/mol. The fourth-order valence-electron chi connectivity index (χ4n) is 5.37. The number of rotatable bonds is 7. The summed E-state index contributed by atoms with van der Waals surface area (Å²) in [6.07, 6.45) is 1.96. The summed E-state index contributed by atoms with van der Waals surface area (Å²) in [7, 11) is 0. The number of nitrogens with one attached hydrogen (secondary N) is 1. The fourth-order valence-corrected chi connectivity index (χ4v) is 5.37. The normalized spacial score (nSPS) is 15.6. The maximum absolute atomic E-state index is 13.7. The number of carboxylic acid groups (broad SMARTS) is 1. The standard InChI is InChI=1S/C29H28FN3O3/c1-2-5-26(27(34)32-19-22-17-20(18-31)16-21-6-3-4-7-25(21)22)29(23-8-10-24(30)11-9-23)12-14-33(15-13-29)28(35)36/h2-4,6-11,16-17,26H,1,5,12-15,19H2,(H,32,34)(H,35,36). The van der Waals surface area contributed by atoms with Gasteiger partial charge in [-0.15, -0.1) is 6.58 Å². The number of fused-ring (bicyclic) bond motifs is 1. The number of carbonyl (C=O) groups is 2. The molecule has 1 unspecified atom stereocenters. The Hall–Kier alpha value is -4.18. The summed E-state index contributed by atoms with van der Waals surface area (Å²) in [4.78, 5) is 26.6. The molecule has 3 aromatic carbocycles. The third-order valence-corrected chi connectivity index (χ3v) is 7.26. The third kappa shape index (κ3) is 4.94. The molecule has 3 aromatic rings. The molecule has 184 valence electrons. The number of nitrogens with zero attached hydrogens (tertiary/aromatic N) is 2. The van der Waals surface area contributed by atoms with Crippen molar-refractivity contribution in [3.8, 4) is 6.07 Å². The Morgan fingerprint density at radius 2 is 1.86 bits per heavy atom. The highest BCUT2D eigenvalue weighted by atomic mass is 19.1. The van der Waals surface area contributed by atoms with E-state index in [4.69, 9.17) is 0 Å². The zero-order valence-electron chi connectivity index (χ0n) is 19.9. The first-order valence-corrected chi connectivity index (χ1v) is 11.9. The van der Waals surface area contributed by atoms with Crippen molar-refractivity contribution in [2.24, 2.45) is 5.92 Å². The van der Waals surface area contributed by atoms with Gasteiger partial charge >= 0.3 is 6.09 Å². The van der Waals surface area contributed by atoms with Gasteiger partial charge in [-0.25, -0.2) is 9.18 Å². The van der Waals surface area contributed by atoms with Gasteiger partial charge in [0.2, 0.25) is 5.91 Å². The van der Waals surface area contributed by atoms with Gasteiger partial charge in [0.15, 0.2) is 0 Å². The van der Waals surface area contributed by atoms with Gasteiger partial charge in [0.1, 0.15) is 5.82 Å². The number of halogens is 1. The van der Waals surface area contributed by atoms with E-state index in [1.165, 1.54) is 17.0 Å². The van der Waals surface area contributed by atoms with Crippen LogP contribution in [0, 0.1) is 23.1 Å². The molecule has 0 aliphatic carbocycles. The molecular weight excluding hydrogens is 457 g/mol. The number of nitriles is 1. The van der Waals surface area contributed by atoms with Crippen LogP contribution >= 0.6 is 0 Å². The Labute approximate surface area is 209 Å². The number of carbonyl (C=O) groups excluding carboxylic acids is 1. The average Bonchev–Trinajstić information content (AvgIpc) is 2.90. The molecule has 0 aromatic heterocycles. The van der Waals surface area contributed by atoms with E-state index in [9.17, 15) is 24.3 Å². The Morgan fingerprint density at radius 3 is 2.50 bits per heavy atom. The van der Waals surface area contributed by atoms with Crippen LogP contribution in [0.2, 0.25) is 0 Å². The molecule has 1 atom stereocenters. The smallest absolute Gasteiger partial charge is 0.407 e. The molecular formula is C29H28FN3O3. The lowest BCUT2D eigenvalue weighted by Gasteiger charge is -2.45. The minimum atomic E-state index is -0.989. The van der Waals surface area contributed by atoms with Gasteiger partial charge in [-0.2, -0.15) is 5.26 Å². The summed E-state index contributed by atoms with van der Waals surface area (Å²) in [6.45, 7) is 4.66. The summed E-state index contributed by atoms with van der Waals surface area (Å²) < 4.78 is 13.7. The molecule has 0 radical (unpaired) electrons. The zero-order valence-corrected chi connectivity index (χ0v) is 19.9. The maximum atomic E-state index is 13.7. The second kappa shape index (κ2) is 10.6. The zero-order chi connectivity index (χ0) is 25.7. The molecule has 2 N–H and O–H groups in total.